The lowest BCUT2D eigenvalue weighted by atomic mass is 10.1. The topological polar surface area (TPSA) is 63.2 Å². The Morgan fingerprint density at radius 2 is 1.72 bits per heavy atom. The first-order chi connectivity index (χ1) is 15.5. The zero-order chi connectivity index (χ0) is 22.7. The molecule has 3 aromatic carbocycles. The minimum absolute atomic E-state index is 0.188. The van der Waals surface area contributed by atoms with Gasteiger partial charge in [-0.15, -0.1) is 0 Å². The molecule has 6 nitrogen and oxygen atoms in total. The molecule has 164 valence electrons. The van der Waals surface area contributed by atoms with E-state index < -0.39 is 0 Å². The molecular weight excluding hydrogens is 408 g/mol. The van der Waals surface area contributed by atoms with E-state index in [2.05, 4.69) is 0 Å². The van der Waals surface area contributed by atoms with Gasteiger partial charge >= 0.3 is 0 Å². The second kappa shape index (κ2) is 9.06. The molecule has 0 radical (unpaired) electrons. The van der Waals surface area contributed by atoms with E-state index >= 15 is 0 Å². The Bertz CT molecular complexity index is 1190. The van der Waals surface area contributed by atoms with Gasteiger partial charge in [-0.1, -0.05) is 24.3 Å². The molecule has 0 saturated heterocycles. The number of rotatable bonds is 7. The number of hydrogen-bond acceptors (Lipinski definition) is 6. The minimum atomic E-state index is -0.188. The quantitative estimate of drug-likeness (QED) is 0.477. The fraction of sp³-hybridized carbons (Fsp3) is 0.192. The Kier molecular flexibility index (Phi) is 6.03. The molecule has 0 atom stereocenters. The summed E-state index contributed by atoms with van der Waals surface area (Å²) in [6.07, 6.45) is 1.67. The average Bonchev–Trinajstić information content (AvgIpc) is 3.14. The van der Waals surface area contributed by atoms with Crippen molar-refractivity contribution >= 4 is 11.9 Å². The van der Waals surface area contributed by atoms with Crippen molar-refractivity contribution in [2.45, 2.75) is 13.5 Å². The summed E-state index contributed by atoms with van der Waals surface area (Å²) >= 11 is 0. The second-order valence-corrected chi connectivity index (χ2v) is 7.23. The first-order valence-electron chi connectivity index (χ1n) is 10.1. The Labute approximate surface area is 186 Å². The molecule has 0 aliphatic carbocycles. The highest BCUT2D eigenvalue weighted by atomic mass is 16.5. The number of Topliss-reactive ketones (excluding diaryl/α,β-unsaturated/α-hetero) is 1. The van der Waals surface area contributed by atoms with E-state index in [9.17, 15) is 4.79 Å². The van der Waals surface area contributed by atoms with Crippen LogP contribution in [-0.2, 0) is 6.61 Å². The van der Waals surface area contributed by atoms with E-state index in [-0.39, 0.29) is 11.5 Å². The summed E-state index contributed by atoms with van der Waals surface area (Å²) in [7, 11) is 4.76. The summed E-state index contributed by atoms with van der Waals surface area (Å²) in [5.41, 5.74) is 2.94. The van der Waals surface area contributed by atoms with Crippen LogP contribution in [0, 0.1) is 6.92 Å². The van der Waals surface area contributed by atoms with Crippen LogP contribution in [0.2, 0.25) is 0 Å². The fourth-order valence-corrected chi connectivity index (χ4v) is 3.61. The average molecular weight is 432 g/mol. The summed E-state index contributed by atoms with van der Waals surface area (Å²) in [6, 6.07) is 16.7. The summed E-state index contributed by atoms with van der Waals surface area (Å²) in [4.78, 5) is 12.9. The molecule has 0 unspecified atom stereocenters. The number of para-hydroxylation sites is 1. The maximum Gasteiger partial charge on any atom is 0.231 e. The van der Waals surface area contributed by atoms with Gasteiger partial charge in [-0.2, -0.15) is 0 Å². The first-order valence-corrected chi connectivity index (χ1v) is 10.1. The molecule has 1 aliphatic rings. The highest BCUT2D eigenvalue weighted by Crippen LogP contribution is 2.40. The van der Waals surface area contributed by atoms with Crippen LogP contribution >= 0.6 is 0 Å². The molecule has 3 aromatic rings. The number of benzene rings is 3. The van der Waals surface area contributed by atoms with Crippen LogP contribution in [0.25, 0.3) is 6.08 Å². The lowest BCUT2D eigenvalue weighted by Gasteiger charge is -2.12. The molecule has 32 heavy (non-hydrogen) atoms. The van der Waals surface area contributed by atoms with Crippen molar-refractivity contribution in [2.75, 3.05) is 21.3 Å². The molecule has 0 aromatic heterocycles. The number of carbonyl (C=O) groups excluding carboxylic acids is 1. The molecule has 0 saturated carbocycles. The van der Waals surface area contributed by atoms with Crippen molar-refractivity contribution in [2.24, 2.45) is 0 Å². The van der Waals surface area contributed by atoms with Gasteiger partial charge < -0.3 is 23.7 Å². The Balaban J connectivity index is 1.59. The molecular formula is C26H24O6. The number of hydrogen-bond donors (Lipinski definition) is 0. The molecule has 6 heteroatoms. The van der Waals surface area contributed by atoms with Gasteiger partial charge in [0.15, 0.2) is 17.3 Å². The number of ketones is 1. The van der Waals surface area contributed by atoms with Gasteiger partial charge in [0.2, 0.25) is 5.78 Å². The highest BCUT2D eigenvalue weighted by Gasteiger charge is 2.30. The molecule has 1 aliphatic heterocycles. The highest BCUT2D eigenvalue weighted by molar-refractivity contribution is 6.15. The zero-order valence-electron chi connectivity index (χ0n) is 18.4. The van der Waals surface area contributed by atoms with Crippen molar-refractivity contribution in [3.8, 4) is 28.7 Å². The molecule has 0 amide bonds. The second-order valence-electron chi connectivity index (χ2n) is 7.23. The summed E-state index contributed by atoms with van der Waals surface area (Å²) in [5, 5.41) is 0. The maximum atomic E-state index is 12.9. The summed E-state index contributed by atoms with van der Waals surface area (Å²) in [5.74, 6) is 3.08. The van der Waals surface area contributed by atoms with Gasteiger partial charge in [0.25, 0.3) is 0 Å². The van der Waals surface area contributed by atoms with Crippen molar-refractivity contribution in [3.63, 3.8) is 0 Å². The largest absolute Gasteiger partial charge is 0.497 e. The van der Waals surface area contributed by atoms with E-state index in [1.807, 2.05) is 43.3 Å². The van der Waals surface area contributed by atoms with Gasteiger partial charge in [0.1, 0.15) is 23.9 Å². The van der Waals surface area contributed by atoms with Gasteiger partial charge in [0, 0.05) is 11.1 Å². The molecule has 4 rings (SSSR count). The van der Waals surface area contributed by atoms with Gasteiger partial charge in [0.05, 0.1) is 26.9 Å². The molecule has 0 bridgehead atoms. The van der Waals surface area contributed by atoms with Crippen LogP contribution < -0.4 is 23.7 Å². The molecule has 1 heterocycles. The molecule has 0 N–H and O–H groups in total. The maximum absolute atomic E-state index is 12.9. The fourth-order valence-electron chi connectivity index (χ4n) is 3.61. The first kappa shape index (κ1) is 21.3. The minimum Gasteiger partial charge on any atom is -0.497 e. The SMILES string of the molecule is COc1cccc(COc2ccc3c(c2C)O/C(=C\c2cccc(OC)c2OC)C3=O)c1. The number of allylic oxidation sites excluding steroid dienone is 1. The zero-order valence-corrected chi connectivity index (χ0v) is 18.4. The lowest BCUT2D eigenvalue weighted by molar-refractivity contribution is 0.101. The standard InChI is InChI=1S/C26H24O6/c1-16-21(31-15-17-7-5-9-19(13-17)28-2)12-11-20-24(27)23(32-25(16)20)14-18-8-6-10-22(29-3)26(18)30-4/h5-14H,15H2,1-4H3/b23-14-. The predicted molar refractivity (Wildman–Crippen MR) is 121 cm³/mol. The van der Waals surface area contributed by atoms with Gasteiger partial charge in [-0.3, -0.25) is 4.79 Å². The third-order valence-electron chi connectivity index (χ3n) is 5.29. The summed E-state index contributed by atoms with van der Waals surface area (Å²) < 4.78 is 28.0. The van der Waals surface area contributed by atoms with Crippen molar-refractivity contribution in [1.82, 2.24) is 0 Å². The lowest BCUT2D eigenvalue weighted by Crippen LogP contribution is -1.99. The van der Waals surface area contributed by atoms with Crippen molar-refractivity contribution < 1.29 is 28.5 Å². The molecule has 0 spiro atoms. The van der Waals surface area contributed by atoms with Crippen molar-refractivity contribution in [1.29, 1.82) is 0 Å². The van der Waals surface area contributed by atoms with E-state index in [0.717, 1.165) is 16.9 Å². The monoisotopic (exact) mass is 432 g/mol. The smallest absolute Gasteiger partial charge is 0.231 e. The summed E-state index contributed by atoms with van der Waals surface area (Å²) in [6.45, 7) is 2.25. The number of ether oxygens (including phenoxy) is 5. The van der Waals surface area contributed by atoms with Gasteiger partial charge in [-0.25, -0.2) is 0 Å². The predicted octanol–water partition coefficient (Wildman–Crippen LogP) is 5.22. The third kappa shape index (κ3) is 3.99. The van der Waals surface area contributed by atoms with E-state index in [1.54, 1.807) is 45.6 Å². The van der Waals surface area contributed by atoms with Crippen LogP contribution in [-0.4, -0.2) is 27.1 Å². The number of methoxy groups -OCH3 is 3. The van der Waals surface area contributed by atoms with E-state index in [1.165, 1.54) is 0 Å². The van der Waals surface area contributed by atoms with Gasteiger partial charge in [-0.05, 0) is 48.9 Å². The Morgan fingerprint density at radius 1 is 0.906 bits per heavy atom. The van der Waals surface area contributed by atoms with E-state index in [4.69, 9.17) is 23.7 Å². The Hall–Kier alpha value is -3.93. The van der Waals surface area contributed by atoms with Crippen molar-refractivity contribution in [3.05, 3.63) is 82.6 Å². The molecule has 0 fully saturated rings. The van der Waals surface area contributed by atoms with E-state index in [0.29, 0.717) is 40.7 Å². The Morgan fingerprint density at radius 3 is 2.47 bits per heavy atom. The van der Waals surface area contributed by atoms with Crippen LogP contribution in [0.4, 0.5) is 0 Å². The number of carbonyl (C=O) groups is 1. The number of fused-ring (bicyclic) bond motifs is 1. The van der Waals surface area contributed by atoms with Crippen LogP contribution in [0.1, 0.15) is 27.0 Å². The normalized spacial score (nSPS) is 13.5. The van der Waals surface area contributed by atoms with Crippen LogP contribution in [0.3, 0.4) is 0 Å². The van der Waals surface area contributed by atoms with Crippen LogP contribution in [0.15, 0.2) is 60.4 Å². The third-order valence-corrected chi connectivity index (χ3v) is 5.29. The van der Waals surface area contributed by atoms with Crippen LogP contribution in [0.5, 0.6) is 28.7 Å².